The van der Waals surface area contributed by atoms with Gasteiger partial charge in [0.25, 0.3) is 0 Å². The van der Waals surface area contributed by atoms with Crippen LogP contribution in [0.25, 0.3) is 0 Å². The molecule has 3 rings (SSSR count). The summed E-state index contributed by atoms with van der Waals surface area (Å²) in [6.45, 7) is 3.28. The third-order valence-corrected chi connectivity index (χ3v) is 3.72. The first-order valence-corrected chi connectivity index (χ1v) is 6.80. The van der Waals surface area contributed by atoms with Crippen LogP contribution in [0, 0.1) is 5.82 Å². The number of halogens is 1. The number of hydrogen-bond donors (Lipinski definition) is 1. The zero-order chi connectivity index (χ0) is 14.1. The Morgan fingerprint density at radius 2 is 2.15 bits per heavy atom. The lowest BCUT2D eigenvalue weighted by Crippen LogP contribution is -2.32. The minimum absolute atomic E-state index is 0.303. The number of rotatable bonds is 2. The Morgan fingerprint density at radius 3 is 2.95 bits per heavy atom. The van der Waals surface area contributed by atoms with Gasteiger partial charge in [0.1, 0.15) is 6.33 Å². The van der Waals surface area contributed by atoms with Crippen molar-refractivity contribution in [2.45, 2.75) is 26.3 Å². The summed E-state index contributed by atoms with van der Waals surface area (Å²) in [5.41, 5.74) is 9.45. The summed E-state index contributed by atoms with van der Waals surface area (Å²) in [7, 11) is 0. The van der Waals surface area contributed by atoms with Crippen molar-refractivity contribution in [2.75, 3.05) is 17.2 Å². The van der Waals surface area contributed by atoms with Crippen LogP contribution in [-0.4, -0.2) is 16.5 Å². The molecule has 2 N–H and O–H groups in total. The maximum atomic E-state index is 14.3. The van der Waals surface area contributed by atoms with E-state index in [4.69, 9.17) is 5.73 Å². The maximum Gasteiger partial charge on any atom is 0.187 e. The van der Waals surface area contributed by atoms with Crippen molar-refractivity contribution in [3.05, 3.63) is 47.2 Å². The fourth-order valence-corrected chi connectivity index (χ4v) is 2.62. The molecule has 0 bridgehead atoms. The molecule has 0 radical (unpaired) electrons. The van der Waals surface area contributed by atoms with Gasteiger partial charge in [-0.15, -0.1) is 0 Å². The third kappa shape index (κ3) is 2.19. The second-order valence-corrected chi connectivity index (χ2v) is 5.01. The Balaban J connectivity index is 1.94. The lowest BCUT2D eigenvalue weighted by Gasteiger charge is -2.30. The van der Waals surface area contributed by atoms with E-state index in [2.05, 4.69) is 16.0 Å². The largest absolute Gasteiger partial charge is 0.399 e. The van der Waals surface area contributed by atoms with E-state index in [0.29, 0.717) is 24.5 Å². The number of fused-ring (bicyclic) bond motifs is 1. The topological polar surface area (TPSA) is 55.0 Å². The smallest absolute Gasteiger partial charge is 0.187 e. The zero-order valence-electron chi connectivity index (χ0n) is 11.4. The lowest BCUT2D eigenvalue weighted by molar-refractivity contribution is 0.577. The average molecular weight is 272 g/mol. The number of anilines is 2. The van der Waals surface area contributed by atoms with Gasteiger partial charge < -0.3 is 10.6 Å². The molecule has 1 aromatic heterocycles. The zero-order valence-corrected chi connectivity index (χ0v) is 11.4. The number of aryl methyl sites for hydroxylation is 1. The molecule has 1 aliphatic rings. The molecule has 4 nitrogen and oxygen atoms in total. The average Bonchev–Trinajstić information content (AvgIpc) is 2.46. The summed E-state index contributed by atoms with van der Waals surface area (Å²) < 4.78 is 14.3. The number of nitrogen functional groups attached to an aromatic ring is 1. The number of nitrogens with zero attached hydrogens (tertiary/aromatic N) is 3. The van der Waals surface area contributed by atoms with Crippen LogP contribution >= 0.6 is 0 Å². The van der Waals surface area contributed by atoms with Gasteiger partial charge in [-0.05, 0) is 36.1 Å². The molecule has 1 aromatic carbocycles. The van der Waals surface area contributed by atoms with Crippen molar-refractivity contribution in [3.8, 4) is 0 Å². The maximum absolute atomic E-state index is 14.3. The van der Waals surface area contributed by atoms with Gasteiger partial charge in [-0.2, -0.15) is 0 Å². The molecule has 2 aromatic rings. The van der Waals surface area contributed by atoms with Gasteiger partial charge in [-0.3, -0.25) is 0 Å². The summed E-state index contributed by atoms with van der Waals surface area (Å²) in [5.74, 6) is 0.0901. The van der Waals surface area contributed by atoms with Crippen LogP contribution < -0.4 is 10.6 Å². The van der Waals surface area contributed by atoms with Crippen LogP contribution in [0.2, 0.25) is 0 Å². The van der Waals surface area contributed by atoms with Gasteiger partial charge in [0.2, 0.25) is 0 Å². The van der Waals surface area contributed by atoms with Gasteiger partial charge in [0, 0.05) is 18.8 Å². The van der Waals surface area contributed by atoms with Crippen molar-refractivity contribution in [1.29, 1.82) is 0 Å². The summed E-state index contributed by atoms with van der Waals surface area (Å²) >= 11 is 0. The van der Waals surface area contributed by atoms with Crippen LogP contribution in [0.5, 0.6) is 0 Å². The van der Waals surface area contributed by atoms with E-state index in [1.54, 1.807) is 0 Å². The van der Waals surface area contributed by atoms with Gasteiger partial charge in [0.05, 0.1) is 5.69 Å². The first kappa shape index (κ1) is 12.8. The number of hydrogen-bond acceptors (Lipinski definition) is 4. The molecule has 0 saturated heterocycles. The molecular formula is C15H17FN4. The van der Waals surface area contributed by atoms with E-state index in [1.165, 1.54) is 11.9 Å². The molecule has 20 heavy (non-hydrogen) atoms. The quantitative estimate of drug-likeness (QED) is 0.852. The summed E-state index contributed by atoms with van der Waals surface area (Å²) in [5, 5.41) is 0. The molecule has 0 atom stereocenters. The van der Waals surface area contributed by atoms with Gasteiger partial charge in [-0.25, -0.2) is 14.4 Å². The predicted octanol–water partition coefficient (Wildman–Crippen LogP) is 2.32. The third-order valence-electron chi connectivity index (χ3n) is 3.72. The van der Waals surface area contributed by atoms with Crippen LogP contribution in [0.15, 0.2) is 24.5 Å². The van der Waals surface area contributed by atoms with Crippen molar-refractivity contribution < 1.29 is 4.39 Å². The molecule has 0 saturated carbocycles. The van der Waals surface area contributed by atoms with E-state index in [1.807, 2.05) is 24.0 Å². The highest BCUT2D eigenvalue weighted by atomic mass is 19.1. The number of nitrogens with two attached hydrogens (primary N) is 1. The van der Waals surface area contributed by atoms with Crippen molar-refractivity contribution in [3.63, 3.8) is 0 Å². The first-order chi connectivity index (χ1) is 9.69. The minimum atomic E-state index is -0.303. The minimum Gasteiger partial charge on any atom is -0.399 e. The fraction of sp³-hybridized carbons (Fsp3) is 0.333. The van der Waals surface area contributed by atoms with Crippen molar-refractivity contribution in [2.24, 2.45) is 0 Å². The van der Waals surface area contributed by atoms with Crippen LogP contribution in [0.1, 0.15) is 23.7 Å². The molecule has 0 unspecified atom stereocenters. The molecule has 0 aliphatic carbocycles. The van der Waals surface area contributed by atoms with Gasteiger partial charge >= 0.3 is 0 Å². The molecule has 0 amide bonds. The molecule has 5 heteroatoms. The lowest BCUT2D eigenvalue weighted by atomic mass is 9.99. The SMILES string of the molecule is CCc1ncnc(N2CCc3ccc(N)cc3C2)c1F. The Morgan fingerprint density at radius 1 is 1.30 bits per heavy atom. The van der Waals surface area contributed by atoms with E-state index in [9.17, 15) is 4.39 Å². The van der Waals surface area contributed by atoms with Crippen LogP contribution in [0.4, 0.5) is 15.9 Å². The van der Waals surface area contributed by atoms with Crippen LogP contribution in [-0.2, 0) is 19.4 Å². The molecule has 1 aliphatic heterocycles. The highest BCUT2D eigenvalue weighted by Crippen LogP contribution is 2.26. The van der Waals surface area contributed by atoms with E-state index in [0.717, 1.165) is 24.2 Å². The summed E-state index contributed by atoms with van der Waals surface area (Å²) in [6.07, 6.45) is 2.88. The Kier molecular flexibility index (Phi) is 3.26. The Bertz CT molecular complexity index is 642. The summed E-state index contributed by atoms with van der Waals surface area (Å²) in [6, 6.07) is 5.92. The van der Waals surface area contributed by atoms with Crippen LogP contribution in [0.3, 0.4) is 0 Å². The van der Waals surface area contributed by atoms with E-state index >= 15 is 0 Å². The van der Waals surface area contributed by atoms with Gasteiger partial charge in [-0.1, -0.05) is 13.0 Å². The molecule has 0 fully saturated rings. The normalized spacial score (nSPS) is 14.2. The molecule has 104 valence electrons. The van der Waals surface area contributed by atoms with E-state index < -0.39 is 0 Å². The van der Waals surface area contributed by atoms with Crippen molar-refractivity contribution >= 4 is 11.5 Å². The monoisotopic (exact) mass is 272 g/mol. The number of benzene rings is 1. The highest BCUT2D eigenvalue weighted by molar-refractivity contribution is 5.50. The van der Waals surface area contributed by atoms with Gasteiger partial charge in [0.15, 0.2) is 11.6 Å². The predicted molar refractivity (Wildman–Crippen MR) is 77.0 cm³/mol. The molecule has 0 spiro atoms. The number of aromatic nitrogens is 2. The summed E-state index contributed by atoms with van der Waals surface area (Å²) in [4.78, 5) is 10.0. The highest BCUT2D eigenvalue weighted by Gasteiger charge is 2.21. The Hall–Kier alpha value is -2.17. The second-order valence-electron chi connectivity index (χ2n) is 5.01. The van der Waals surface area contributed by atoms with E-state index in [-0.39, 0.29) is 5.82 Å². The molecular weight excluding hydrogens is 255 g/mol. The standard InChI is InChI=1S/C15H17FN4/c1-2-13-14(16)15(19-9-18-13)20-6-5-10-3-4-12(17)7-11(10)8-20/h3-4,7,9H,2,5-6,8,17H2,1H3. The molecule has 2 heterocycles. The Labute approximate surface area is 117 Å². The first-order valence-electron chi connectivity index (χ1n) is 6.80. The van der Waals surface area contributed by atoms with Crippen molar-refractivity contribution in [1.82, 2.24) is 9.97 Å². The second kappa shape index (κ2) is 5.07. The fourth-order valence-electron chi connectivity index (χ4n) is 2.62.